The lowest BCUT2D eigenvalue weighted by atomic mass is 10.1. The molecule has 1 fully saturated rings. The average molecular weight is 272 g/mol. The highest BCUT2D eigenvalue weighted by Crippen LogP contribution is 2.49. The fraction of sp³-hybridized carbons (Fsp3) is 0.500. The summed E-state index contributed by atoms with van der Waals surface area (Å²) in [6.45, 7) is 1.18. The first-order valence-corrected chi connectivity index (χ1v) is 6.15. The first kappa shape index (κ1) is 13.1. The van der Waals surface area contributed by atoms with Gasteiger partial charge in [-0.05, 0) is 25.8 Å². The number of halogens is 2. The SMILES string of the molecule is C[C@H](CF)N(c1ccncc1C(N)=O)C1(Cl)CC1. The lowest BCUT2D eigenvalue weighted by molar-refractivity contribution is 0.1000. The number of rotatable bonds is 5. The summed E-state index contributed by atoms with van der Waals surface area (Å²) in [5.41, 5.74) is 6.13. The molecule has 1 aromatic heterocycles. The predicted molar refractivity (Wildman–Crippen MR) is 68.5 cm³/mol. The molecule has 1 saturated carbocycles. The van der Waals surface area contributed by atoms with Crippen LogP contribution in [0, 0.1) is 0 Å². The van der Waals surface area contributed by atoms with Gasteiger partial charge in [0.15, 0.2) is 0 Å². The Morgan fingerprint density at radius 3 is 2.89 bits per heavy atom. The van der Waals surface area contributed by atoms with Gasteiger partial charge in [0.2, 0.25) is 0 Å². The molecule has 4 nitrogen and oxygen atoms in total. The number of anilines is 1. The normalized spacial score (nSPS) is 18.2. The maximum atomic E-state index is 13.0. The van der Waals surface area contributed by atoms with Crippen LogP contribution in [0.1, 0.15) is 30.1 Å². The number of primary amides is 1. The number of carbonyl (C=O) groups is 1. The number of carbonyl (C=O) groups excluding carboxylic acids is 1. The number of nitrogens with two attached hydrogens (primary N) is 1. The van der Waals surface area contributed by atoms with E-state index in [0.717, 1.165) is 12.8 Å². The van der Waals surface area contributed by atoms with E-state index < -0.39 is 23.6 Å². The summed E-state index contributed by atoms with van der Waals surface area (Å²) in [6.07, 6.45) is 4.46. The Balaban J connectivity index is 2.46. The summed E-state index contributed by atoms with van der Waals surface area (Å²) in [6, 6.07) is 1.24. The third-order valence-electron chi connectivity index (χ3n) is 3.08. The third kappa shape index (κ3) is 2.27. The predicted octanol–water partition coefficient (Wildman–Crippen LogP) is 2.07. The smallest absolute Gasteiger partial charge is 0.252 e. The first-order chi connectivity index (χ1) is 8.49. The number of hydrogen-bond donors (Lipinski definition) is 1. The molecule has 1 aliphatic carbocycles. The zero-order chi connectivity index (χ0) is 13.3. The first-order valence-electron chi connectivity index (χ1n) is 5.77. The minimum atomic E-state index is -0.600. The fourth-order valence-corrected chi connectivity index (χ4v) is 2.40. The van der Waals surface area contributed by atoms with Crippen LogP contribution >= 0.6 is 11.6 Å². The van der Waals surface area contributed by atoms with Crippen molar-refractivity contribution in [2.75, 3.05) is 11.6 Å². The molecule has 1 heterocycles. The standard InChI is InChI=1S/C12H15ClFN3O/c1-8(6-14)17(12(13)3-4-12)10-2-5-16-7-9(10)11(15)18/h2,5,7-8H,3-4,6H2,1H3,(H2,15,18)/t8-/m1/s1. The molecule has 0 radical (unpaired) electrons. The van der Waals surface area contributed by atoms with E-state index in [-0.39, 0.29) is 5.56 Å². The molecule has 0 unspecified atom stereocenters. The number of pyridine rings is 1. The molecule has 0 spiro atoms. The lowest BCUT2D eigenvalue weighted by Gasteiger charge is -2.35. The van der Waals surface area contributed by atoms with Crippen molar-refractivity contribution in [3.05, 3.63) is 24.0 Å². The molecule has 1 amide bonds. The molecular weight excluding hydrogens is 257 g/mol. The summed E-state index contributed by atoms with van der Waals surface area (Å²) < 4.78 is 13.0. The van der Waals surface area contributed by atoms with E-state index in [9.17, 15) is 9.18 Å². The van der Waals surface area contributed by atoms with Crippen molar-refractivity contribution in [1.29, 1.82) is 0 Å². The topological polar surface area (TPSA) is 59.2 Å². The summed E-state index contributed by atoms with van der Waals surface area (Å²) in [7, 11) is 0. The van der Waals surface area contributed by atoms with Crippen molar-refractivity contribution >= 4 is 23.2 Å². The molecule has 1 aromatic rings. The van der Waals surface area contributed by atoms with Gasteiger partial charge in [0.05, 0.1) is 17.3 Å². The molecule has 0 aliphatic heterocycles. The molecule has 2 rings (SSSR count). The number of nitrogens with zero attached hydrogens (tertiary/aromatic N) is 2. The second kappa shape index (κ2) is 4.72. The molecular formula is C12H15ClFN3O. The lowest BCUT2D eigenvalue weighted by Crippen LogP contribution is -2.43. The van der Waals surface area contributed by atoms with Crippen molar-refractivity contribution < 1.29 is 9.18 Å². The van der Waals surface area contributed by atoms with Crippen LogP contribution in [-0.4, -0.2) is 28.6 Å². The van der Waals surface area contributed by atoms with Gasteiger partial charge in [-0.3, -0.25) is 9.78 Å². The molecule has 1 atom stereocenters. The minimum absolute atomic E-state index is 0.268. The Labute approximate surface area is 110 Å². The second-order valence-corrected chi connectivity index (χ2v) is 5.25. The van der Waals surface area contributed by atoms with Gasteiger partial charge in [-0.25, -0.2) is 4.39 Å². The van der Waals surface area contributed by atoms with Gasteiger partial charge in [-0.15, -0.1) is 0 Å². The molecule has 0 bridgehead atoms. The van der Waals surface area contributed by atoms with Crippen molar-refractivity contribution in [2.24, 2.45) is 5.73 Å². The zero-order valence-electron chi connectivity index (χ0n) is 10.1. The average Bonchev–Trinajstić information content (AvgIpc) is 3.08. The van der Waals surface area contributed by atoms with Crippen molar-refractivity contribution in [3.8, 4) is 0 Å². The highest BCUT2D eigenvalue weighted by Gasteiger charge is 2.49. The van der Waals surface area contributed by atoms with E-state index in [0.29, 0.717) is 5.69 Å². The molecule has 2 N–H and O–H groups in total. The Morgan fingerprint density at radius 2 is 2.39 bits per heavy atom. The van der Waals surface area contributed by atoms with E-state index in [1.54, 1.807) is 24.1 Å². The Bertz CT molecular complexity index is 464. The van der Waals surface area contributed by atoms with E-state index >= 15 is 0 Å². The van der Waals surface area contributed by atoms with Gasteiger partial charge in [0, 0.05) is 12.4 Å². The van der Waals surface area contributed by atoms with Crippen molar-refractivity contribution in [1.82, 2.24) is 4.98 Å². The molecule has 18 heavy (non-hydrogen) atoms. The van der Waals surface area contributed by atoms with Crippen molar-refractivity contribution in [2.45, 2.75) is 30.8 Å². The van der Waals surface area contributed by atoms with E-state index in [4.69, 9.17) is 17.3 Å². The Hall–Kier alpha value is -1.36. The minimum Gasteiger partial charge on any atom is -0.365 e. The van der Waals surface area contributed by atoms with Crippen LogP contribution < -0.4 is 10.6 Å². The third-order valence-corrected chi connectivity index (χ3v) is 3.64. The second-order valence-electron chi connectivity index (χ2n) is 4.55. The van der Waals surface area contributed by atoms with Gasteiger partial charge in [0.25, 0.3) is 5.91 Å². The van der Waals surface area contributed by atoms with Crippen LogP contribution in [0.5, 0.6) is 0 Å². The molecule has 0 saturated heterocycles. The highest BCUT2D eigenvalue weighted by atomic mass is 35.5. The van der Waals surface area contributed by atoms with Gasteiger partial charge in [-0.1, -0.05) is 11.6 Å². The van der Waals surface area contributed by atoms with E-state index in [1.165, 1.54) is 6.20 Å². The van der Waals surface area contributed by atoms with Crippen LogP contribution in [0.3, 0.4) is 0 Å². The molecule has 6 heteroatoms. The van der Waals surface area contributed by atoms with Gasteiger partial charge in [0.1, 0.15) is 11.7 Å². The summed E-state index contributed by atoms with van der Waals surface area (Å²) >= 11 is 6.38. The fourth-order valence-electron chi connectivity index (χ4n) is 2.05. The van der Waals surface area contributed by atoms with Crippen LogP contribution in [0.25, 0.3) is 0 Å². The highest BCUT2D eigenvalue weighted by molar-refractivity contribution is 6.27. The maximum absolute atomic E-state index is 13.0. The monoisotopic (exact) mass is 271 g/mol. The van der Waals surface area contributed by atoms with E-state index in [1.807, 2.05) is 0 Å². The molecule has 1 aliphatic rings. The number of aromatic nitrogens is 1. The quantitative estimate of drug-likeness (QED) is 0.659. The Morgan fingerprint density at radius 1 is 1.72 bits per heavy atom. The summed E-state index contributed by atoms with van der Waals surface area (Å²) in [5, 5.41) is 0. The Kier molecular flexibility index (Phi) is 3.43. The summed E-state index contributed by atoms with van der Waals surface area (Å²) in [5.74, 6) is -0.588. The number of hydrogen-bond acceptors (Lipinski definition) is 3. The van der Waals surface area contributed by atoms with Crippen LogP contribution in [0.15, 0.2) is 18.5 Å². The number of alkyl halides is 2. The zero-order valence-corrected chi connectivity index (χ0v) is 10.8. The van der Waals surface area contributed by atoms with Crippen LogP contribution in [0.2, 0.25) is 0 Å². The van der Waals surface area contributed by atoms with E-state index in [2.05, 4.69) is 4.98 Å². The number of amides is 1. The molecule has 0 aromatic carbocycles. The van der Waals surface area contributed by atoms with Crippen molar-refractivity contribution in [3.63, 3.8) is 0 Å². The van der Waals surface area contributed by atoms with Crippen LogP contribution in [0.4, 0.5) is 10.1 Å². The van der Waals surface area contributed by atoms with Crippen LogP contribution in [-0.2, 0) is 0 Å². The molecule has 98 valence electrons. The summed E-state index contributed by atoms with van der Waals surface area (Å²) in [4.78, 5) is 16.4. The van der Waals surface area contributed by atoms with Gasteiger partial charge < -0.3 is 10.6 Å². The maximum Gasteiger partial charge on any atom is 0.252 e. The largest absolute Gasteiger partial charge is 0.365 e. The van der Waals surface area contributed by atoms with Gasteiger partial charge in [-0.2, -0.15) is 0 Å². The van der Waals surface area contributed by atoms with Gasteiger partial charge >= 0.3 is 0 Å².